The minimum Gasteiger partial charge on any atom is -0.491 e. The van der Waals surface area contributed by atoms with Crippen molar-refractivity contribution in [2.24, 2.45) is 0 Å². The first-order valence-corrected chi connectivity index (χ1v) is 7.92. The lowest BCUT2D eigenvalue weighted by atomic mass is 10.00. The third-order valence-corrected chi connectivity index (χ3v) is 3.79. The Morgan fingerprint density at radius 3 is 2.35 bits per heavy atom. The Kier molecular flexibility index (Phi) is 5.86. The van der Waals surface area contributed by atoms with Gasteiger partial charge in [0, 0.05) is 32.2 Å². The van der Waals surface area contributed by atoms with E-state index in [4.69, 9.17) is 4.74 Å². The summed E-state index contributed by atoms with van der Waals surface area (Å²) < 4.78 is 5.73. The van der Waals surface area contributed by atoms with Crippen molar-refractivity contribution in [2.75, 3.05) is 26.2 Å². The normalized spacial score (nSPS) is 18.2. The molecule has 3 nitrogen and oxygen atoms in total. The summed E-state index contributed by atoms with van der Waals surface area (Å²) >= 11 is 0. The summed E-state index contributed by atoms with van der Waals surface area (Å²) in [4.78, 5) is 2.61. The molecule has 0 saturated carbocycles. The number of ether oxygens (including phenoxy) is 1. The fraction of sp³-hybridized carbons (Fsp3) is 0.647. The molecule has 1 aliphatic rings. The van der Waals surface area contributed by atoms with E-state index >= 15 is 0 Å². The summed E-state index contributed by atoms with van der Waals surface area (Å²) in [5, 5.41) is 3.43. The van der Waals surface area contributed by atoms with Gasteiger partial charge in [0.1, 0.15) is 5.75 Å². The second kappa shape index (κ2) is 7.65. The highest BCUT2D eigenvalue weighted by atomic mass is 16.5. The third kappa shape index (κ3) is 4.22. The van der Waals surface area contributed by atoms with Gasteiger partial charge in [-0.1, -0.05) is 25.5 Å². The molecule has 0 bridgehead atoms. The number of piperazine rings is 1. The molecule has 0 radical (unpaired) electrons. The van der Waals surface area contributed by atoms with Gasteiger partial charge in [0.05, 0.1) is 6.10 Å². The molecular formula is C17H28N2O. The molecule has 0 spiro atoms. The molecule has 0 aliphatic carbocycles. The van der Waals surface area contributed by atoms with E-state index in [1.165, 1.54) is 18.4 Å². The van der Waals surface area contributed by atoms with Gasteiger partial charge >= 0.3 is 0 Å². The summed E-state index contributed by atoms with van der Waals surface area (Å²) in [6.45, 7) is 10.9. The third-order valence-electron chi connectivity index (χ3n) is 3.79. The lowest BCUT2D eigenvalue weighted by Crippen LogP contribution is -2.45. The summed E-state index contributed by atoms with van der Waals surface area (Å²) in [6.07, 6.45) is 2.68. The van der Waals surface area contributed by atoms with E-state index in [0.717, 1.165) is 31.9 Å². The highest BCUT2D eigenvalue weighted by Gasteiger charge is 2.21. The second-order valence-electron chi connectivity index (χ2n) is 5.83. The van der Waals surface area contributed by atoms with Crippen LogP contribution in [0.25, 0.3) is 0 Å². The molecule has 1 aromatic rings. The van der Waals surface area contributed by atoms with E-state index < -0.39 is 0 Å². The fourth-order valence-corrected chi connectivity index (χ4v) is 2.87. The molecular weight excluding hydrogens is 248 g/mol. The molecule has 2 rings (SSSR count). The number of benzene rings is 1. The number of nitrogens with one attached hydrogen (secondary N) is 1. The zero-order valence-corrected chi connectivity index (χ0v) is 13.1. The summed E-state index contributed by atoms with van der Waals surface area (Å²) in [6, 6.07) is 9.25. The van der Waals surface area contributed by atoms with E-state index in [0.29, 0.717) is 6.04 Å². The first-order chi connectivity index (χ1) is 9.70. The van der Waals surface area contributed by atoms with Gasteiger partial charge in [-0.25, -0.2) is 0 Å². The van der Waals surface area contributed by atoms with Crippen molar-refractivity contribution in [3.8, 4) is 5.75 Å². The van der Waals surface area contributed by atoms with Crippen molar-refractivity contribution in [3.05, 3.63) is 29.8 Å². The van der Waals surface area contributed by atoms with Crippen LogP contribution in [-0.2, 0) is 0 Å². The van der Waals surface area contributed by atoms with Gasteiger partial charge in [0.25, 0.3) is 0 Å². The van der Waals surface area contributed by atoms with Crippen LogP contribution in [0.1, 0.15) is 45.2 Å². The summed E-state index contributed by atoms with van der Waals surface area (Å²) in [7, 11) is 0. The van der Waals surface area contributed by atoms with Crippen LogP contribution in [0.4, 0.5) is 0 Å². The Morgan fingerprint density at radius 2 is 1.80 bits per heavy atom. The molecule has 0 amide bonds. The zero-order chi connectivity index (χ0) is 14.4. The lowest BCUT2D eigenvalue weighted by Gasteiger charge is -2.35. The number of nitrogens with zero attached hydrogens (tertiary/aromatic N) is 1. The molecule has 0 unspecified atom stereocenters. The van der Waals surface area contributed by atoms with Gasteiger partial charge in [0.2, 0.25) is 0 Å². The van der Waals surface area contributed by atoms with Gasteiger partial charge in [0.15, 0.2) is 0 Å². The number of hydrogen-bond acceptors (Lipinski definition) is 3. The molecule has 1 fully saturated rings. The summed E-state index contributed by atoms with van der Waals surface area (Å²) in [5.41, 5.74) is 1.42. The maximum absolute atomic E-state index is 5.73. The predicted molar refractivity (Wildman–Crippen MR) is 84.3 cm³/mol. The van der Waals surface area contributed by atoms with Crippen LogP contribution in [0.3, 0.4) is 0 Å². The van der Waals surface area contributed by atoms with E-state index in [-0.39, 0.29) is 6.10 Å². The van der Waals surface area contributed by atoms with Crippen LogP contribution in [0, 0.1) is 0 Å². The standard InChI is InChI=1S/C17H28N2O/c1-4-5-17(19-12-10-18-11-13-19)15-6-8-16(9-7-15)20-14(2)3/h6-9,14,17-18H,4-5,10-13H2,1-3H3/t17-/m1/s1. The van der Waals surface area contributed by atoms with Crippen LogP contribution in [-0.4, -0.2) is 37.2 Å². The van der Waals surface area contributed by atoms with E-state index in [2.05, 4.69) is 55.3 Å². The van der Waals surface area contributed by atoms with Crippen LogP contribution in [0.2, 0.25) is 0 Å². The lowest BCUT2D eigenvalue weighted by molar-refractivity contribution is 0.164. The average Bonchev–Trinajstić information content (AvgIpc) is 2.46. The Morgan fingerprint density at radius 1 is 1.15 bits per heavy atom. The van der Waals surface area contributed by atoms with Crippen molar-refractivity contribution >= 4 is 0 Å². The maximum atomic E-state index is 5.73. The van der Waals surface area contributed by atoms with Gasteiger partial charge in [-0.05, 0) is 38.0 Å². The van der Waals surface area contributed by atoms with Crippen LogP contribution < -0.4 is 10.1 Å². The highest BCUT2D eigenvalue weighted by molar-refractivity contribution is 5.29. The predicted octanol–water partition coefficient (Wildman–Crippen LogP) is 3.22. The molecule has 1 atom stereocenters. The first kappa shape index (κ1) is 15.3. The Balaban J connectivity index is 2.07. The Hall–Kier alpha value is -1.06. The molecule has 1 heterocycles. The quantitative estimate of drug-likeness (QED) is 0.863. The van der Waals surface area contributed by atoms with Crippen molar-refractivity contribution in [1.82, 2.24) is 10.2 Å². The number of hydrogen-bond donors (Lipinski definition) is 1. The van der Waals surface area contributed by atoms with E-state index in [9.17, 15) is 0 Å². The van der Waals surface area contributed by atoms with Crippen molar-refractivity contribution in [1.29, 1.82) is 0 Å². The van der Waals surface area contributed by atoms with Crippen molar-refractivity contribution in [2.45, 2.75) is 45.8 Å². The molecule has 1 saturated heterocycles. The molecule has 112 valence electrons. The highest BCUT2D eigenvalue weighted by Crippen LogP contribution is 2.27. The monoisotopic (exact) mass is 276 g/mol. The summed E-state index contributed by atoms with van der Waals surface area (Å²) in [5.74, 6) is 0.972. The van der Waals surface area contributed by atoms with Crippen LogP contribution >= 0.6 is 0 Å². The van der Waals surface area contributed by atoms with Crippen molar-refractivity contribution < 1.29 is 4.74 Å². The zero-order valence-electron chi connectivity index (χ0n) is 13.1. The first-order valence-electron chi connectivity index (χ1n) is 7.92. The minimum atomic E-state index is 0.237. The average molecular weight is 276 g/mol. The Bertz CT molecular complexity index is 382. The molecule has 1 aliphatic heterocycles. The number of rotatable bonds is 6. The molecule has 1 aromatic carbocycles. The van der Waals surface area contributed by atoms with E-state index in [1.54, 1.807) is 0 Å². The molecule has 20 heavy (non-hydrogen) atoms. The molecule has 0 aromatic heterocycles. The van der Waals surface area contributed by atoms with Crippen LogP contribution in [0.15, 0.2) is 24.3 Å². The largest absolute Gasteiger partial charge is 0.491 e. The topological polar surface area (TPSA) is 24.5 Å². The maximum Gasteiger partial charge on any atom is 0.119 e. The van der Waals surface area contributed by atoms with Gasteiger partial charge in [-0.3, -0.25) is 4.90 Å². The SMILES string of the molecule is CCC[C@H](c1ccc(OC(C)C)cc1)N1CCNCC1. The second-order valence-corrected chi connectivity index (χ2v) is 5.83. The molecule has 3 heteroatoms. The van der Waals surface area contributed by atoms with Gasteiger partial charge in [-0.15, -0.1) is 0 Å². The van der Waals surface area contributed by atoms with Gasteiger partial charge in [-0.2, -0.15) is 0 Å². The Labute approximate surface area is 123 Å². The fourth-order valence-electron chi connectivity index (χ4n) is 2.87. The minimum absolute atomic E-state index is 0.237. The van der Waals surface area contributed by atoms with Crippen molar-refractivity contribution in [3.63, 3.8) is 0 Å². The smallest absolute Gasteiger partial charge is 0.119 e. The van der Waals surface area contributed by atoms with E-state index in [1.807, 2.05) is 0 Å². The van der Waals surface area contributed by atoms with Gasteiger partial charge < -0.3 is 10.1 Å². The molecule has 1 N–H and O–H groups in total. The van der Waals surface area contributed by atoms with Crippen LogP contribution in [0.5, 0.6) is 5.75 Å².